The molecule has 1 aliphatic heterocycles. The highest BCUT2D eigenvalue weighted by Gasteiger charge is 2.36. The van der Waals surface area contributed by atoms with Gasteiger partial charge in [-0.1, -0.05) is 0 Å². The smallest absolute Gasteiger partial charge is 0.353 e. The molecule has 1 aromatic carbocycles. The van der Waals surface area contributed by atoms with Gasteiger partial charge in [0.2, 0.25) is 0 Å². The van der Waals surface area contributed by atoms with E-state index in [9.17, 15) is 17.6 Å². The average molecular weight is 329 g/mol. The van der Waals surface area contributed by atoms with E-state index in [0.717, 1.165) is 12.1 Å². The maximum Gasteiger partial charge on any atom is 0.353 e. The van der Waals surface area contributed by atoms with Crippen molar-refractivity contribution in [2.45, 2.75) is 11.7 Å². The summed E-state index contributed by atoms with van der Waals surface area (Å²) in [4.78, 5) is 0. The Morgan fingerprint density at radius 3 is 2.19 bits per heavy atom. The minimum Gasteiger partial charge on any atom is -0.384 e. The molecule has 1 aromatic rings. The molecular weight excluding hydrogens is 316 g/mol. The molecule has 0 bridgehead atoms. The third-order valence-corrected chi connectivity index (χ3v) is 3.18. The van der Waals surface area contributed by atoms with Crippen molar-refractivity contribution in [3.8, 4) is 0 Å². The standard InChI is InChI=1S/C13H13ClF4O3/c1-19-4-7-5-20-12(21-6-7)8-2-9(15)11(10(16)3-8)13(14,17)18/h2-3,7,12H,4-6H2,1H3. The van der Waals surface area contributed by atoms with Crippen molar-refractivity contribution in [3.05, 3.63) is 34.9 Å². The summed E-state index contributed by atoms with van der Waals surface area (Å²) in [5.41, 5.74) is -1.51. The highest BCUT2D eigenvalue weighted by molar-refractivity contribution is 6.21. The van der Waals surface area contributed by atoms with E-state index in [4.69, 9.17) is 14.2 Å². The summed E-state index contributed by atoms with van der Waals surface area (Å²) in [7, 11) is 1.53. The predicted octanol–water partition coefficient (Wildman–Crippen LogP) is 3.56. The van der Waals surface area contributed by atoms with E-state index in [2.05, 4.69) is 11.6 Å². The van der Waals surface area contributed by atoms with E-state index in [1.807, 2.05) is 0 Å². The maximum absolute atomic E-state index is 13.6. The quantitative estimate of drug-likeness (QED) is 0.625. The molecule has 1 saturated heterocycles. The number of methoxy groups -OCH3 is 1. The van der Waals surface area contributed by atoms with E-state index < -0.39 is 28.9 Å². The molecule has 118 valence electrons. The third-order valence-electron chi connectivity index (χ3n) is 2.99. The summed E-state index contributed by atoms with van der Waals surface area (Å²) in [6.07, 6.45) is -1.01. The lowest BCUT2D eigenvalue weighted by Gasteiger charge is -2.29. The van der Waals surface area contributed by atoms with Gasteiger partial charge in [0, 0.05) is 18.6 Å². The number of alkyl halides is 3. The molecule has 0 saturated carbocycles. The van der Waals surface area contributed by atoms with Crippen LogP contribution in [-0.2, 0) is 19.6 Å². The first kappa shape index (κ1) is 16.5. The minimum atomic E-state index is -4.12. The van der Waals surface area contributed by atoms with Gasteiger partial charge in [0.1, 0.15) is 17.2 Å². The molecule has 0 spiro atoms. The lowest BCUT2D eigenvalue weighted by Crippen LogP contribution is -2.30. The molecule has 0 radical (unpaired) electrons. The van der Waals surface area contributed by atoms with E-state index in [0.29, 0.717) is 6.61 Å². The van der Waals surface area contributed by atoms with Crippen LogP contribution in [0.1, 0.15) is 17.4 Å². The molecule has 3 nitrogen and oxygen atoms in total. The van der Waals surface area contributed by atoms with Gasteiger partial charge in [0.25, 0.3) is 0 Å². The zero-order valence-corrected chi connectivity index (χ0v) is 11.8. The molecule has 0 unspecified atom stereocenters. The van der Waals surface area contributed by atoms with E-state index in [1.165, 1.54) is 7.11 Å². The lowest BCUT2D eigenvalue weighted by molar-refractivity contribution is -0.211. The first-order valence-corrected chi connectivity index (χ1v) is 6.49. The summed E-state index contributed by atoms with van der Waals surface area (Å²) in [6.45, 7) is 0.969. The van der Waals surface area contributed by atoms with Crippen LogP contribution in [0.2, 0.25) is 0 Å². The van der Waals surface area contributed by atoms with Crippen LogP contribution in [0.5, 0.6) is 0 Å². The normalized spacial score (nSPS) is 23.3. The van der Waals surface area contributed by atoms with Gasteiger partial charge in [-0.25, -0.2) is 8.78 Å². The highest BCUT2D eigenvalue weighted by atomic mass is 35.5. The Morgan fingerprint density at radius 1 is 1.24 bits per heavy atom. The summed E-state index contributed by atoms with van der Waals surface area (Å²) >= 11 is 4.67. The molecule has 1 aliphatic rings. The van der Waals surface area contributed by atoms with Gasteiger partial charge in [0.15, 0.2) is 6.29 Å². The van der Waals surface area contributed by atoms with Crippen molar-refractivity contribution in [2.75, 3.05) is 26.9 Å². The van der Waals surface area contributed by atoms with Crippen LogP contribution in [0, 0.1) is 17.6 Å². The highest BCUT2D eigenvalue weighted by Crippen LogP contribution is 2.38. The maximum atomic E-state index is 13.6. The molecular formula is C13H13ClF4O3. The number of hydrogen-bond acceptors (Lipinski definition) is 3. The Labute approximate surface area is 123 Å². The number of ether oxygens (including phenoxy) is 3. The molecule has 0 N–H and O–H groups in total. The summed E-state index contributed by atoms with van der Waals surface area (Å²) in [5, 5.41) is -4.12. The van der Waals surface area contributed by atoms with Gasteiger partial charge in [-0.05, 0) is 23.7 Å². The van der Waals surface area contributed by atoms with Crippen LogP contribution >= 0.6 is 11.6 Å². The van der Waals surface area contributed by atoms with Crippen LogP contribution in [-0.4, -0.2) is 26.9 Å². The zero-order chi connectivity index (χ0) is 15.6. The molecule has 8 heteroatoms. The predicted molar refractivity (Wildman–Crippen MR) is 66.1 cm³/mol. The van der Waals surface area contributed by atoms with Gasteiger partial charge in [-0.3, -0.25) is 0 Å². The molecule has 0 atom stereocenters. The van der Waals surface area contributed by atoms with Crippen LogP contribution in [0.3, 0.4) is 0 Å². The minimum absolute atomic E-state index is 0.00684. The first-order valence-electron chi connectivity index (χ1n) is 6.11. The Bertz CT molecular complexity index is 476. The van der Waals surface area contributed by atoms with E-state index in [1.54, 1.807) is 0 Å². The van der Waals surface area contributed by atoms with Crippen molar-refractivity contribution < 1.29 is 31.8 Å². The third kappa shape index (κ3) is 3.85. The van der Waals surface area contributed by atoms with Gasteiger partial charge < -0.3 is 14.2 Å². The fourth-order valence-electron chi connectivity index (χ4n) is 2.07. The van der Waals surface area contributed by atoms with Gasteiger partial charge in [0.05, 0.1) is 19.8 Å². The molecule has 1 fully saturated rings. The molecule has 0 aromatic heterocycles. The average Bonchev–Trinajstić information content (AvgIpc) is 2.37. The van der Waals surface area contributed by atoms with Crippen LogP contribution < -0.4 is 0 Å². The monoisotopic (exact) mass is 328 g/mol. The summed E-state index contributed by atoms with van der Waals surface area (Å²) in [6, 6.07) is 1.46. The number of halogens is 5. The zero-order valence-electron chi connectivity index (χ0n) is 11.0. The van der Waals surface area contributed by atoms with Crippen LogP contribution in [0.4, 0.5) is 17.6 Å². The fourth-order valence-corrected chi connectivity index (χ4v) is 2.25. The van der Waals surface area contributed by atoms with E-state index >= 15 is 0 Å². The number of hydrogen-bond donors (Lipinski definition) is 0. The van der Waals surface area contributed by atoms with Crippen molar-refractivity contribution in [2.24, 2.45) is 5.92 Å². The van der Waals surface area contributed by atoms with Gasteiger partial charge >= 0.3 is 5.38 Å². The van der Waals surface area contributed by atoms with E-state index in [-0.39, 0.29) is 24.7 Å². The Hall–Kier alpha value is -0.890. The second-order valence-electron chi connectivity index (χ2n) is 4.68. The number of benzene rings is 1. The molecule has 21 heavy (non-hydrogen) atoms. The van der Waals surface area contributed by atoms with Crippen molar-refractivity contribution >= 4 is 11.6 Å². The van der Waals surface area contributed by atoms with Crippen molar-refractivity contribution in [1.29, 1.82) is 0 Å². The van der Waals surface area contributed by atoms with Gasteiger partial charge in [-0.15, -0.1) is 0 Å². The van der Waals surface area contributed by atoms with Crippen molar-refractivity contribution in [1.82, 2.24) is 0 Å². The Morgan fingerprint density at radius 2 is 1.76 bits per heavy atom. The largest absolute Gasteiger partial charge is 0.384 e. The summed E-state index contributed by atoms with van der Waals surface area (Å²) < 4.78 is 68.6. The first-order chi connectivity index (χ1) is 9.82. The molecule has 1 heterocycles. The second-order valence-corrected chi connectivity index (χ2v) is 5.15. The Kier molecular flexibility index (Phi) is 5.08. The topological polar surface area (TPSA) is 27.7 Å². The SMILES string of the molecule is COCC1COC(c2cc(F)c(C(F)(F)Cl)c(F)c2)OC1. The molecule has 2 rings (SSSR count). The second kappa shape index (κ2) is 6.48. The fraction of sp³-hybridized carbons (Fsp3) is 0.538. The van der Waals surface area contributed by atoms with Gasteiger partial charge in [-0.2, -0.15) is 8.78 Å². The Balaban J connectivity index is 2.16. The van der Waals surface area contributed by atoms with Crippen molar-refractivity contribution in [3.63, 3.8) is 0 Å². The molecule has 0 aliphatic carbocycles. The summed E-state index contributed by atoms with van der Waals surface area (Å²) in [5.74, 6) is -2.89. The lowest BCUT2D eigenvalue weighted by atomic mass is 10.1. The number of rotatable bonds is 4. The van der Waals surface area contributed by atoms with Crippen LogP contribution in [0.15, 0.2) is 12.1 Å². The molecule has 0 amide bonds. The van der Waals surface area contributed by atoms with Crippen LogP contribution in [0.25, 0.3) is 0 Å².